The Morgan fingerprint density at radius 2 is 1.81 bits per heavy atom. The first-order valence-electron chi connectivity index (χ1n) is 8.96. The highest BCUT2D eigenvalue weighted by atomic mass is 32.2. The maximum atomic E-state index is 5.98. The maximum Gasteiger partial charge on any atom is 0.237 e. The summed E-state index contributed by atoms with van der Waals surface area (Å²) in [5.74, 6) is 1.12. The van der Waals surface area contributed by atoms with Crippen LogP contribution >= 0.6 is 11.9 Å². The Bertz CT molecular complexity index is 956. The van der Waals surface area contributed by atoms with Crippen LogP contribution in [-0.4, -0.2) is 22.6 Å². The van der Waals surface area contributed by atoms with Crippen LogP contribution < -0.4 is 14.8 Å². The van der Waals surface area contributed by atoms with Gasteiger partial charge >= 0.3 is 0 Å². The summed E-state index contributed by atoms with van der Waals surface area (Å²) in [4.78, 5) is 10.4. The fourth-order valence-electron chi connectivity index (χ4n) is 3.18. The van der Waals surface area contributed by atoms with E-state index in [1.807, 2.05) is 12.1 Å². The predicted octanol–water partition coefficient (Wildman–Crippen LogP) is 5.07. The zero-order valence-corrected chi connectivity index (χ0v) is 16.4. The normalized spacial score (nSPS) is 16.2. The highest BCUT2D eigenvalue weighted by Gasteiger charge is 2.14. The first-order valence-corrected chi connectivity index (χ1v) is 9.78. The molecular formula is C21H22N4OS. The summed E-state index contributed by atoms with van der Waals surface area (Å²) in [7, 11) is 0. The van der Waals surface area contributed by atoms with E-state index in [0.717, 1.165) is 21.8 Å². The molecular weight excluding hydrogens is 356 g/mol. The third-order valence-electron chi connectivity index (χ3n) is 4.43. The summed E-state index contributed by atoms with van der Waals surface area (Å²) in [6, 6.07) is 16.6. The Morgan fingerprint density at radius 3 is 2.63 bits per heavy atom. The van der Waals surface area contributed by atoms with Gasteiger partial charge in [-0.2, -0.15) is 4.98 Å². The average molecular weight is 379 g/mol. The molecule has 0 saturated heterocycles. The van der Waals surface area contributed by atoms with Crippen molar-refractivity contribution in [1.29, 1.82) is 0 Å². The first kappa shape index (κ1) is 17.7. The van der Waals surface area contributed by atoms with Gasteiger partial charge in [-0.05, 0) is 62.0 Å². The topological polar surface area (TPSA) is 59.1 Å². The number of rotatable bonds is 1. The lowest BCUT2D eigenvalue weighted by Crippen LogP contribution is -2.24. The lowest BCUT2D eigenvalue weighted by molar-refractivity contribution is 0.293. The van der Waals surface area contributed by atoms with Gasteiger partial charge in [0.2, 0.25) is 11.8 Å². The SMILES string of the molecule is Cc1cccc(C)c1-c1cc2nc(n1)NSc1cccc(c1)NC(C)CO2. The molecule has 4 bridgehead atoms. The molecule has 0 radical (unpaired) electrons. The largest absolute Gasteiger partial charge is 0.475 e. The standard InChI is InChI=1S/C21H22N4OS/c1-13-6-4-7-14(2)20(13)18-11-19-24-21(23-18)25-27-17-9-5-8-16(10-17)22-15(3)12-26-19/h4-11,15,22H,12H2,1-3H3,(H,23,24,25). The van der Waals surface area contributed by atoms with Gasteiger partial charge in [0.05, 0.1) is 11.7 Å². The van der Waals surface area contributed by atoms with E-state index in [9.17, 15) is 0 Å². The van der Waals surface area contributed by atoms with Gasteiger partial charge in [0.25, 0.3) is 0 Å². The number of benzene rings is 2. The van der Waals surface area contributed by atoms with E-state index in [4.69, 9.17) is 9.72 Å². The van der Waals surface area contributed by atoms with Crippen molar-refractivity contribution in [2.45, 2.75) is 31.7 Å². The molecule has 0 fully saturated rings. The monoisotopic (exact) mass is 378 g/mol. The predicted molar refractivity (Wildman–Crippen MR) is 111 cm³/mol. The van der Waals surface area contributed by atoms with Gasteiger partial charge in [-0.25, -0.2) is 4.98 Å². The molecule has 1 unspecified atom stereocenters. The quantitative estimate of drug-likeness (QED) is 0.577. The Hall–Kier alpha value is -2.73. The van der Waals surface area contributed by atoms with Crippen LogP contribution in [0.15, 0.2) is 53.4 Å². The molecule has 0 amide bonds. The van der Waals surface area contributed by atoms with Crippen LogP contribution in [0.1, 0.15) is 18.1 Å². The number of ether oxygens (including phenoxy) is 1. The summed E-state index contributed by atoms with van der Waals surface area (Å²) in [6.45, 7) is 6.81. The van der Waals surface area contributed by atoms with E-state index in [0.29, 0.717) is 18.4 Å². The number of nitrogens with one attached hydrogen (secondary N) is 2. The molecule has 4 rings (SSSR count). The second kappa shape index (κ2) is 7.48. The van der Waals surface area contributed by atoms with Gasteiger partial charge in [-0.15, -0.1) is 0 Å². The van der Waals surface area contributed by atoms with E-state index >= 15 is 0 Å². The molecule has 1 aliphatic heterocycles. The molecule has 1 atom stereocenters. The fraction of sp³-hybridized carbons (Fsp3) is 0.238. The number of nitrogens with zero attached hydrogens (tertiary/aromatic N) is 2. The van der Waals surface area contributed by atoms with Gasteiger partial charge in [0, 0.05) is 22.2 Å². The van der Waals surface area contributed by atoms with Crippen molar-refractivity contribution in [3.8, 4) is 17.1 Å². The van der Waals surface area contributed by atoms with Crippen molar-refractivity contribution < 1.29 is 4.74 Å². The fourth-order valence-corrected chi connectivity index (χ4v) is 3.81. The molecule has 0 aliphatic carbocycles. The molecule has 2 aromatic carbocycles. The number of hydrogen-bond acceptors (Lipinski definition) is 6. The van der Waals surface area contributed by atoms with Crippen molar-refractivity contribution in [3.63, 3.8) is 0 Å². The van der Waals surface area contributed by atoms with E-state index < -0.39 is 0 Å². The van der Waals surface area contributed by atoms with Crippen LogP contribution in [0.25, 0.3) is 11.3 Å². The number of fused-ring (bicyclic) bond motifs is 4. The average Bonchev–Trinajstić information content (AvgIpc) is 2.64. The summed E-state index contributed by atoms with van der Waals surface area (Å²) >= 11 is 1.49. The molecule has 0 saturated carbocycles. The third kappa shape index (κ3) is 4.01. The van der Waals surface area contributed by atoms with Crippen molar-refractivity contribution in [2.24, 2.45) is 0 Å². The Morgan fingerprint density at radius 1 is 1.04 bits per heavy atom. The molecule has 3 aromatic rings. The lowest BCUT2D eigenvalue weighted by atomic mass is 10.00. The van der Waals surface area contributed by atoms with E-state index in [2.05, 4.69) is 72.2 Å². The molecule has 2 N–H and O–H groups in total. The minimum Gasteiger partial charge on any atom is -0.475 e. The second-order valence-electron chi connectivity index (χ2n) is 6.77. The van der Waals surface area contributed by atoms with Gasteiger partial charge in [0.15, 0.2) is 0 Å². The van der Waals surface area contributed by atoms with Crippen molar-refractivity contribution in [3.05, 3.63) is 59.7 Å². The molecule has 0 spiro atoms. The number of aryl methyl sites for hydroxylation is 2. The highest BCUT2D eigenvalue weighted by molar-refractivity contribution is 8.00. The van der Waals surface area contributed by atoms with E-state index in [1.54, 1.807) is 0 Å². The minimum atomic E-state index is 0.152. The van der Waals surface area contributed by atoms with Crippen molar-refractivity contribution >= 4 is 23.6 Å². The molecule has 6 heteroatoms. The molecule has 5 nitrogen and oxygen atoms in total. The van der Waals surface area contributed by atoms with Crippen molar-refractivity contribution in [1.82, 2.24) is 9.97 Å². The smallest absolute Gasteiger partial charge is 0.237 e. The van der Waals surface area contributed by atoms with Crippen LogP contribution in [0.5, 0.6) is 5.88 Å². The Kier molecular flexibility index (Phi) is 4.90. The molecule has 1 aliphatic rings. The maximum absolute atomic E-state index is 5.98. The van der Waals surface area contributed by atoms with Crippen LogP contribution in [0.4, 0.5) is 11.6 Å². The lowest BCUT2D eigenvalue weighted by Gasteiger charge is -2.19. The van der Waals surface area contributed by atoms with Gasteiger partial charge < -0.3 is 10.1 Å². The van der Waals surface area contributed by atoms with Crippen LogP contribution in [-0.2, 0) is 0 Å². The Labute approximate surface area is 163 Å². The van der Waals surface area contributed by atoms with Crippen LogP contribution in [0.3, 0.4) is 0 Å². The zero-order valence-electron chi connectivity index (χ0n) is 15.6. The van der Waals surface area contributed by atoms with E-state index in [-0.39, 0.29) is 6.04 Å². The second-order valence-corrected chi connectivity index (χ2v) is 7.65. The minimum absolute atomic E-state index is 0.152. The summed E-state index contributed by atoms with van der Waals surface area (Å²) in [6.07, 6.45) is 0. The highest BCUT2D eigenvalue weighted by Crippen LogP contribution is 2.30. The summed E-state index contributed by atoms with van der Waals surface area (Å²) < 4.78 is 9.24. The van der Waals surface area contributed by atoms with Crippen LogP contribution in [0, 0.1) is 13.8 Å². The van der Waals surface area contributed by atoms with Crippen LogP contribution in [0.2, 0.25) is 0 Å². The van der Waals surface area contributed by atoms with E-state index in [1.165, 1.54) is 23.1 Å². The number of aromatic nitrogens is 2. The van der Waals surface area contributed by atoms with Gasteiger partial charge in [0.1, 0.15) is 6.61 Å². The Balaban J connectivity index is 1.76. The summed E-state index contributed by atoms with van der Waals surface area (Å²) in [5, 5.41) is 3.46. The summed E-state index contributed by atoms with van der Waals surface area (Å²) in [5.41, 5.74) is 5.42. The van der Waals surface area contributed by atoms with Crippen molar-refractivity contribution in [2.75, 3.05) is 16.6 Å². The number of hydrogen-bond donors (Lipinski definition) is 2. The van der Waals surface area contributed by atoms with Gasteiger partial charge in [-0.3, -0.25) is 4.72 Å². The molecule has 2 heterocycles. The molecule has 1 aromatic heterocycles. The number of anilines is 2. The molecule has 27 heavy (non-hydrogen) atoms. The van der Waals surface area contributed by atoms with Gasteiger partial charge in [-0.1, -0.05) is 24.3 Å². The molecule has 138 valence electrons. The first-order chi connectivity index (χ1) is 13.1. The third-order valence-corrected chi connectivity index (χ3v) is 5.20. The zero-order chi connectivity index (χ0) is 18.8.